The Balaban J connectivity index is 2.07. The number of thiophene rings is 1. The average Bonchev–Trinajstić information content (AvgIpc) is 2.77. The summed E-state index contributed by atoms with van der Waals surface area (Å²) < 4.78 is 6.55. The fourth-order valence-corrected chi connectivity index (χ4v) is 2.90. The third-order valence-electron chi connectivity index (χ3n) is 2.37. The maximum atomic E-state index is 5.44. The molecule has 4 nitrogen and oxygen atoms in total. The van der Waals surface area contributed by atoms with E-state index in [1.807, 2.05) is 13.8 Å². The van der Waals surface area contributed by atoms with Gasteiger partial charge >= 0.3 is 0 Å². The molecule has 2 heterocycles. The van der Waals surface area contributed by atoms with E-state index >= 15 is 0 Å². The van der Waals surface area contributed by atoms with Gasteiger partial charge in [0.05, 0.1) is 18.7 Å². The summed E-state index contributed by atoms with van der Waals surface area (Å²) in [5, 5.41) is 5.36. The lowest BCUT2D eigenvalue weighted by atomic mass is 10.3. The van der Waals surface area contributed by atoms with Crippen LogP contribution in [0.25, 0.3) is 0 Å². The monoisotopic (exact) mass is 327 g/mol. The standard InChI is InChI=1S/C12H14BrN3OS/c1-3-17-12-8(2)11(15-7-16-12)14-5-10-4-9(13)6-18-10/h4,6-7H,3,5H2,1-2H3,(H,14,15,16). The largest absolute Gasteiger partial charge is 0.478 e. The van der Waals surface area contributed by atoms with Crippen LogP contribution in [0.2, 0.25) is 0 Å². The minimum absolute atomic E-state index is 0.606. The molecule has 2 aromatic heterocycles. The summed E-state index contributed by atoms with van der Waals surface area (Å²) >= 11 is 5.15. The summed E-state index contributed by atoms with van der Waals surface area (Å²) in [6.07, 6.45) is 1.52. The van der Waals surface area contributed by atoms with Gasteiger partial charge in [0.1, 0.15) is 12.1 Å². The zero-order valence-electron chi connectivity index (χ0n) is 10.2. The fraction of sp³-hybridized carbons (Fsp3) is 0.333. The van der Waals surface area contributed by atoms with Gasteiger partial charge in [-0.25, -0.2) is 9.97 Å². The molecule has 18 heavy (non-hydrogen) atoms. The van der Waals surface area contributed by atoms with Gasteiger partial charge in [0.25, 0.3) is 0 Å². The molecular formula is C12H14BrN3OS. The van der Waals surface area contributed by atoms with Gasteiger partial charge in [0, 0.05) is 14.7 Å². The maximum absolute atomic E-state index is 5.44. The smallest absolute Gasteiger partial charge is 0.221 e. The van der Waals surface area contributed by atoms with Crippen LogP contribution in [0.15, 0.2) is 22.2 Å². The molecule has 0 saturated carbocycles. The number of hydrogen-bond acceptors (Lipinski definition) is 5. The molecule has 6 heteroatoms. The first-order valence-electron chi connectivity index (χ1n) is 5.62. The number of aromatic nitrogens is 2. The molecule has 96 valence electrons. The summed E-state index contributed by atoms with van der Waals surface area (Å²) in [5.74, 6) is 1.46. The number of ether oxygens (including phenoxy) is 1. The second-order valence-electron chi connectivity index (χ2n) is 3.67. The Morgan fingerprint density at radius 1 is 1.44 bits per heavy atom. The van der Waals surface area contributed by atoms with Crippen molar-refractivity contribution in [3.63, 3.8) is 0 Å². The number of halogens is 1. The van der Waals surface area contributed by atoms with E-state index in [0.717, 1.165) is 22.4 Å². The molecule has 0 unspecified atom stereocenters. The highest BCUT2D eigenvalue weighted by atomic mass is 79.9. The number of nitrogens with zero attached hydrogens (tertiary/aromatic N) is 2. The maximum Gasteiger partial charge on any atom is 0.221 e. The van der Waals surface area contributed by atoms with Crippen molar-refractivity contribution in [2.45, 2.75) is 20.4 Å². The van der Waals surface area contributed by atoms with Crippen molar-refractivity contribution in [3.05, 3.63) is 32.7 Å². The average molecular weight is 328 g/mol. The van der Waals surface area contributed by atoms with Gasteiger partial charge in [-0.1, -0.05) is 0 Å². The minimum Gasteiger partial charge on any atom is -0.478 e. The SMILES string of the molecule is CCOc1ncnc(NCc2cc(Br)cs2)c1C. The van der Waals surface area contributed by atoms with E-state index in [-0.39, 0.29) is 0 Å². The van der Waals surface area contributed by atoms with Gasteiger partial charge in [-0.2, -0.15) is 0 Å². The molecule has 0 fully saturated rings. The molecule has 1 N–H and O–H groups in total. The number of rotatable bonds is 5. The van der Waals surface area contributed by atoms with E-state index in [4.69, 9.17) is 4.74 Å². The highest BCUT2D eigenvalue weighted by Crippen LogP contribution is 2.23. The lowest BCUT2D eigenvalue weighted by molar-refractivity contribution is 0.324. The van der Waals surface area contributed by atoms with Crippen LogP contribution in [0.5, 0.6) is 5.88 Å². The summed E-state index contributed by atoms with van der Waals surface area (Å²) in [7, 11) is 0. The predicted octanol–water partition coefficient (Wildman–Crippen LogP) is 3.62. The Morgan fingerprint density at radius 2 is 2.28 bits per heavy atom. The molecule has 0 aliphatic carbocycles. The molecule has 2 rings (SSSR count). The van der Waals surface area contributed by atoms with Crippen molar-refractivity contribution in [2.75, 3.05) is 11.9 Å². The Kier molecular flexibility index (Phi) is 4.54. The third kappa shape index (κ3) is 3.20. The first kappa shape index (κ1) is 13.3. The van der Waals surface area contributed by atoms with Crippen LogP contribution in [0.1, 0.15) is 17.4 Å². The van der Waals surface area contributed by atoms with E-state index in [1.165, 1.54) is 11.2 Å². The number of hydrogen-bond donors (Lipinski definition) is 1. The van der Waals surface area contributed by atoms with Crippen molar-refractivity contribution in [1.29, 1.82) is 0 Å². The Morgan fingerprint density at radius 3 is 2.94 bits per heavy atom. The first-order chi connectivity index (χ1) is 8.70. The van der Waals surface area contributed by atoms with Crippen molar-refractivity contribution < 1.29 is 4.74 Å². The lowest BCUT2D eigenvalue weighted by Gasteiger charge is -2.10. The molecule has 0 spiro atoms. The molecule has 0 atom stereocenters. The van der Waals surface area contributed by atoms with Crippen molar-refractivity contribution in [1.82, 2.24) is 9.97 Å². The van der Waals surface area contributed by atoms with Crippen molar-refractivity contribution >= 4 is 33.1 Å². The van der Waals surface area contributed by atoms with Gasteiger partial charge in [-0.3, -0.25) is 0 Å². The molecule has 0 aromatic carbocycles. The Hall–Kier alpha value is -1.14. The molecule has 2 aromatic rings. The summed E-state index contributed by atoms with van der Waals surface area (Å²) in [5.41, 5.74) is 0.940. The van der Waals surface area contributed by atoms with Crippen molar-refractivity contribution in [3.8, 4) is 5.88 Å². The summed E-state index contributed by atoms with van der Waals surface area (Å²) in [6, 6.07) is 2.09. The van der Waals surface area contributed by atoms with Crippen LogP contribution in [-0.2, 0) is 6.54 Å². The van der Waals surface area contributed by atoms with Gasteiger partial charge < -0.3 is 10.1 Å². The molecule has 0 aliphatic heterocycles. The predicted molar refractivity (Wildman–Crippen MR) is 77.3 cm³/mol. The summed E-state index contributed by atoms with van der Waals surface area (Å²) in [6.45, 7) is 5.25. The van der Waals surface area contributed by atoms with Crippen LogP contribution in [0, 0.1) is 6.92 Å². The number of anilines is 1. The van der Waals surface area contributed by atoms with Crippen LogP contribution in [-0.4, -0.2) is 16.6 Å². The Labute approximate surface area is 119 Å². The van der Waals surface area contributed by atoms with Crippen LogP contribution < -0.4 is 10.1 Å². The molecule has 0 saturated heterocycles. The lowest BCUT2D eigenvalue weighted by Crippen LogP contribution is -2.05. The third-order valence-corrected chi connectivity index (χ3v) is 4.07. The van der Waals surface area contributed by atoms with E-state index in [0.29, 0.717) is 12.5 Å². The second kappa shape index (κ2) is 6.15. The number of nitrogens with one attached hydrogen (secondary N) is 1. The van der Waals surface area contributed by atoms with Crippen LogP contribution in [0.4, 0.5) is 5.82 Å². The van der Waals surface area contributed by atoms with Crippen molar-refractivity contribution in [2.24, 2.45) is 0 Å². The Bertz CT molecular complexity index is 530. The van der Waals surface area contributed by atoms with E-state index < -0.39 is 0 Å². The van der Waals surface area contributed by atoms with Gasteiger partial charge in [-0.05, 0) is 35.8 Å². The second-order valence-corrected chi connectivity index (χ2v) is 5.58. The van der Waals surface area contributed by atoms with Crippen LogP contribution in [0.3, 0.4) is 0 Å². The fourth-order valence-electron chi connectivity index (χ4n) is 1.51. The zero-order valence-corrected chi connectivity index (χ0v) is 12.6. The minimum atomic E-state index is 0.606. The molecule has 0 amide bonds. The van der Waals surface area contributed by atoms with E-state index in [9.17, 15) is 0 Å². The quantitative estimate of drug-likeness (QED) is 0.911. The van der Waals surface area contributed by atoms with Gasteiger partial charge in [-0.15, -0.1) is 11.3 Å². The highest BCUT2D eigenvalue weighted by molar-refractivity contribution is 9.10. The van der Waals surface area contributed by atoms with E-state index in [2.05, 4.69) is 42.7 Å². The summed E-state index contributed by atoms with van der Waals surface area (Å²) in [4.78, 5) is 9.59. The zero-order chi connectivity index (χ0) is 13.0. The topological polar surface area (TPSA) is 47.0 Å². The molecular weight excluding hydrogens is 314 g/mol. The highest BCUT2D eigenvalue weighted by Gasteiger charge is 2.07. The van der Waals surface area contributed by atoms with Crippen LogP contribution >= 0.6 is 27.3 Å². The molecule has 0 aliphatic rings. The van der Waals surface area contributed by atoms with E-state index in [1.54, 1.807) is 11.3 Å². The van der Waals surface area contributed by atoms with Gasteiger partial charge in [0.15, 0.2) is 0 Å². The molecule has 0 bridgehead atoms. The molecule has 0 radical (unpaired) electrons. The first-order valence-corrected chi connectivity index (χ1v) is 7.29. The van der Waals surface area contributed by atoms with Gasteiger partial charge in [0.2, 0.25) is 5.88 Å². The normalized spacial score (nSPS) is 10.4.